The second-order valence-corrected chi connectivity index (χ2v) is 5.60. The lowest BCUT2D eigenvalue weighted by molar-refractivity contribution is 0.544. The van der Waals surface area contributed by atoms with E-state index in [-0.39, 0.29) is 0 Å². The molecule has 2 rings (SSSR count). The molecule has 0 fully saturated rings. The van der Waals surface area contributed by atoms with Crippen molar-refractivity contribution in [1.29, 1.82) is 0 Å². The van der Waals surface area contributed by atoms with Crippen molar-refractivity contribution < 1.29 is 0 Å². The van der Waals surface area contributed by atoms with Crippen LogP contribution < -0.4 is 5.73 Å². The van der Waals surface area contributed by atoms with Gasteiger partial charge in [-0.15, -0.1) is 0 Å². The van der Waals surface area contributed by atoms with Crippen LogP contribution in [0.15, 0.2) is 54.6 Å². The fourth-order valence-electron chi connectivity index (χ4n) is 2.81. The number of rotatable bonds is 6. The molecule has 0 saturated carbocycles. The van der Waals surface area contributed by atoms with Crippen LogP contribution in [0, 0.1) is 0 Å². The molecule has 2 aromatic rings. The Labute approximate surface area is 122 Å². The third kappa shape index (κ3) is 3.71. The van der Waals surface area contributed by atoms with Crippen LogP contribution in [0.3, 0.4) is 0 Å². The molecule has 1 nitrogen and oxygen atoms in total. The van der Waals surface area contributed by atoms with Gasteiger partial charge in [0.05, 0.1) is 0 Å². The van der Waals surface area contributed by atoms with Gasteiger partial charge in [-0.05, 0) is 41.4 Å². The number of benzene rings is 2. The van der Waals surface area contributed by atoms with Crippen LogP contribution in [0.4, 0.5) is 0 Å². The molecule has 0 aliphatic heterocycles. The summed E-state index contributed by atoms with van der Waals surface area (Å²) in [6.45, 7) is 5.22. The first kappa shape index (κ1) is 14.8. The van der Waals surface area contributed by atoms with Crippen LogP contribution in [0.1, 0.15) is 55.2 Å². The van der Waals surface area contributed by atoms with Crippen molar-refractivity contribution >= 4 is 0 Å². The van der Waals surface area contributed by atoms with Crippen molar-refractivity contribution in [2.75, 3.05) is 0 Å². The molecular formula is C19H25N. The van der Waals surface area contributed by atoms with E-state index in [1.54, 1.807) is 0 Å². The Hall–Kier alpha value is -1.60. The number of hydrogen-bond acceptors (Lipinski definition) is 1. The topological polar surface area (TPSA) is 26.0 Å². The second-order valence-electron chi connectivity index (χ2n) is 5.60. The average Bonchev–Trinajstić information content (AvgIpc) is 2.53. The molecule has 0 heterocycles. The van der Waals surface area contributed by atoms with Gasteiger partial charge in [0.1, 0.15) is 0 Å². The van der Waals surface area contributed by atoms with Crippen LogP contribution in [-0.2, 0) is 6.54 Å². The second kappa shape index (κ2) is 7.25. The van der Waals surface area contributed by atoms with E-state index >= 15 is 0 Å². The first-order valence-corrected chi connectivity index (χ1v) is 7.58. The van der Waals surface area contributed by atoms with Gasteiger partial charge in [-0.1, -0.05) is 68.4 Å². The van der Waals surface area contributed by atoms with Crippen LogP contribution in [-0.4, -0.2) is 0 Å². The lowest BCUT2D eigenvalue weighted by Gasteiger charge is -2.20. The Kier molecular flexibility index (Phi) is 5.37. The van der Waals surface area contributed by atoms with E-state index in [2.05, 4.69) is 68.4 Å². The summed E-state index contributed by atoms with van der Waals surface area (Å²) in [5.41, 5.74) is 9.73. The maximum absolute atomic E-state index is 5.65. The van der Waals surface area contributed by atoms with Crippen molar-refractivity contribution in [3.63, 3.8) is 0 Å². The Balaban J connectivity index is 2.06. The van der Waals surface area contributed by atoms with Crippen molar-refractivity contribution in [3.05, 3.63) is 71.3 Å². The number of hydrogen-bond donors (Lipinski definition) is 1. The predicted molar refractivity (Wildman–Crippen MR) is 86.8 cm³/mol. The van der Waals surface area contributed by atoms with Gasteiger partial charge in [-0.2, -0.15) is 0 Å². The van der Waals surface area contributed by atoms with Gasteiger partial charge >= 0.3 is 0 Å². The quantitative estimate of drug-likeness (QED) is 0.796. The fraction of sp³-hybridized carbons (Fsp3) is 0.368. The highest BCUT2D eigenvalue weighted by molar-refractivity contribution is 5.26. The minimum atomic E-state index is 0.576. The Morgan fingerprint density at radius 1 is 0.900 bits per heavy atom. The lowest BCUT2D eigenvalue weighted by Crippen LogP contribution is -2.04. The van der Waals surface area contributed by atoms with Crippen LogP contribution in [0.5, 0.6) is 0 Å². The minimum absolute atomic E-state index is 0.576. The molecule has 0 aliphatic rings. The molecule has 0 bridgehead atoms. The van der Waals surface area contributed by atoms with Gasteiger partial charge in [-0.25, -0.2) is 0 Å². The van der Waals surface area contributed by atoms with E-state index in [9.17, 15) is 0 Å². The summed E-state index contributed by atoms with van der Waals surface area (Å²) >= 11 is 0. The highest BCUT2D eigenvalue weighted by atomic mass is 14.5. The molecule has 0 amide bonds. The molecule has 0 aromatic heterocycles. The largest absolute Gasteiger partial charge is 0.326 e. The predicted octanol–water partition coefficient (Wildman–Crippen LogP) is 4.83. The normalized spacial score (nSPS) is 13.9. The molecule has 2 N–H and O–H groups in total. The first-order valence-electron chi connectivity index (χ1n) is 7.58. The maximum Gasteiger partial charge on any atom is 0.0178 e. The monoisotopic (exact) mass is 267 g/mol. The summed E-state index contributed by atoms with van der Waals surface area (Å²) in [5, 5.41) is 0. The number of nitrogens with two attached hydrogens (primary N) is 1. The SMILES string of the molecule is CCC(CC(C)c1ccc(CN)cc1)c1ccccc1. The summed E-state index contributed by atoms with van der Waals surface area (Å²) in [6.07, 6.45) is 2.39. The van der Waals surface area contributed by atoms with Crippen molar-refractivity contribution in [1.82, 2.24) is 0 Å². The zero-order valence-corrected chi connectivity index (χ0v) is 12.5. The summed E-state index contributed by atoms with van der Waals surface area (Å²) in [6, 6.07) is 19.6. The standard InChI is InChI=1S/C19H25N/c1-3-17(19-7-5-4-6-8-19)13-15(2)18-11-9-16(14-20)10-12-18/h4-12,15,17H,3,13-14,20H2,1-2H3. The molecule has 1 heteroatoms. The van der Waals surface area contributed by atoms with Crippen LogP contribution >= 0.6 is 0 Å². The molecule has 2 aromatic carbocycles. The van der Waals surface area contributed by atoms with Crippen molar-refractivity contribution in [2.24, 2.45) is 5.73 Å². The van der Waals surface area contributed by atoms with Gasteiger partial charge in [0.2, 0.25) is 0 Å². The smallest absolute Gasteiger partial charge is 0.0178 e. The van der Waals surface area contributed by atoms with Gasteiger partial charge in [0.15, 0.2) is 0 Å². The molecule has 106 valence electrons. The van der Waals surface area contributed by atoms with Gasteiger partial charge in [0, 0.05) is 6.54 Å². The van der Waals surface area contributed by atoms with E-state index in [4.69, 9.17) is 5.73 Å². The fourth-order valence-corrected chi connectivity index (χ4v) is 2.81. The van der Waals surface area contributed by atoms with E-state index < -0.39 is 0 Å². The van der Waals surface area contributed by atoms with E-state index in [0.717, 1.165) is 0 Å². The summed E-state index contributed by atoms with van der Waals surface area (Å²) in [5.74, 6) is 1.22. The molecule has 0 radical (unpaired) electrons. The van der Waals surface area contributed by atoms with E-state index in [0.29, 0.717) is 18.4 Å². The van der Waals surface area contributed by atoms with Gasteiger partial charge < -0.3 is 5.73 Å². The zero-order valence-electron chi connectivity index (χ0n) is 12.5. The Bertz CT molecular complexity index is 501. The average molecular weight is 267 g/mol. The highest BCUT2D eigenvalue weighted by Gasteiger charge is 2.14. The third-order valence-corrected chi connectivity index (χ3v) is 4.19. The van der Waals surface area contributed by atoms with E-state index in [1.165, 1.54) is 29.5 Å². The Morgan fingerprint density at radius 2 is 1.55 bits per heavy atom. The third-order valence-electron chi connectivity index (χ3n) is 4.19. The summed E-state index contributed by atoms with van der Waals surface area (Å²) in [4.78, 5) is 0. The lowest BCUT2D eigenvalue weighted by atomic mass is 9.84. The molecule has 0 aliphatic carbocycles. The highest BCUT2D eigenvalue weighted by Crippen LogP contribution is 2.31. The van der Waals surface area contributed by atoms with E-state index in [1.807, 2.05) is 0 Å². The molecule has 0 saturated heterocycles. The molecule has 2 atom stereocenters. The van der Waals surface area contributed by atoms with Gasteiger partial charge in [0.25, 0.3) is 0 Å². The molecular weight excluding hydrogens is 242 g/mol. The zero-order chi connectivity index (χ0) is 14.4. The summed E-state index contributed by atoms with van der Waals surface area (Å²) in [7, 11) is 0. The molecule has 2 unspecified atom stereocenters. The van der Waals surface area contributed by atoms with Gasteiger partial charge in [-0.3, -0.25) is 0 Å². The Morgan fingerprint density at radius 3 is 2.10 bits per heavy atom. The minimum Gasteiger partial charge on any atom is -0.326 e. The van der Waals surface area contributed by atoms with Crippen molar-refractivity contribution in [2.45, 2.75) is 45.1 Å². The van der Waals surface area contributed by atoms with Crippen LogP contribution in [0.25, 0.3) is 0 Å². The maximum atomic E-state index is 5.65. The summed E-state index contributed by atoms with van der Waals surface area (Å²) < 4.78 is 0. The van der Waals surface area contributed by atoms with Crippen molar-refractivity contribution in [3.8, 4) is 0 Å². The molecule has 20 heavy (non-hydrogen) atoms. The molecule has 0 spiro atoms. The first-order chi connectivity index (χ1) is 9.74. The van der Waals surface area contributed by atoms with Crippen LogP contribution in [0.2, 0.25) is 0 Å².